The molecule has 1 unspecified atom stereocenters. The maximum Gasteiger partial charge on any atom is 0.338 e. The minimum atomic E-state index is -0.433. The molecule has 2 aromatic rings. The van der Waals surface area contributed by atoms with Crippen LogP contribution in [0.15, 0.2) is 59.8 Å². The van der Waals surface area contributed by atoms with Crippen LogP contribution in [0.4, 0.5) is 0 Å². The molecule has 0 radical (unpaired) electrons. The van der Waals surface area contributed by atoms with Gasteiger partial charge in [-0.2, -0.15) is 0 Å². The Hall–Kier alpha value is -2.57. The average molecular weight is 431 g/mol. The molecule has 3 rings (SSSR count). The highest BCUT2D eigenvalue weighted by atomic mass is 35.5. The molecular weight excluding hydrogens is 408 g/mol. The van der Waals surface area contributed by atoms with Crippen LogP contribution >= 0.6 is 23.8 Å². The van der Waals surface area contributed by atoms with Crippen molar-refractivity contribution in [2.75, 3.05) is 6.61 Å². The Morgan fingerprint density at radius 3 is 2.59 bits per heavy atom. The zero-order chi connectivity index (χ0) is 21.0. The molecule has 1 heterocycles. The normalized spacial score (nSPS) is 16.3. The molecule has 0 saturated heterocycles. The first kappa shape index (κ1) is 21.1. The van der Waals surface area contributed by atoms with E-state index in [1.165, 1.54) is 0 Å². The lowest BCUT2D eigenvalue weighted by Gasteiger charge is -2.30. The van der Waals surface area contributed by atoms with Crippen molar-refractivity contribution in [1.29, 1.82) is 0 Å². The number of benzene rings is 2. The molecule has 0 bridgehead atoms. The quantitative estimate of drug-likeness (QED) is 0.489. The van der Waals surface area contributed by atoms with Gasteiger partial charge in [-0.05, 0) is 67.0 Å². The van der Waals surface area contributed by atoms with E-state index in [0.29, 0.717) is 39.5 Å². The standard InChI is InChI=1S/C22H23ClN2O3S/c1-13(2)12-27-21(26)19-14(3)24-22(29)25-20(19)15-5-4-6-18(11-15)28-17-9-7-16(23)8-10-17/h4-11,13,20H,12H2,1-3H3,(H2,24,25,29). The first-order valence-corrected chi connectivity index (χ1v) is 10.1. The summed E-state index contributed by atoms with van der Waals surface area (Å²) in [5, 5.41) is 7.28. The molecule has 0 aliphatic carbocycles. The smallest absolute Gasteiger partial charge is 0.338 e. The average Bonchev–Trinajstić information content (AvgIpc) is 2.67. The van der Waals surface area contributed by atoms with Crippen molar-refractivity contribution in [2.24, 2.45) is 5.92 Å². The molecule has 1 aliphatic heterocycles. The minimum Gasteiger partial charge on any atom is -0.462 e. The van der Waals surface area contributed by atoms with Crippen LogP contribution < -0.4 is 15.4 Å². The Balaban J connectivity index is 1.88. The van der Waals surface area contributed by atoms with Gasteiger partial charge in [-0.25, -0.2) is 4.79 Å². The second kappa shape index (κ2) is 9.29. The summed E-state index contributed by atoms with van der Waals surface area (Å²) in [7, 11) is 0. The number of ether oxygens (including phenoxy) is 2. The first-order chi connectivity index (χ1) is 13.8. The number of rotatable bonds is 6. The molecule has 0 aromatic heterocycles. The van der Waals surface area contributed by atoms with Gasteiger partial charge in [0.15, 0.2) is 5.11 Å². The highest BCUT2D eigenvalue weighted by Gasteiger charge is 2.31. The summed E-state index contributed by atoms with van der Waals surface area (Å²) < 4.78 is 11.4. The lowest BCUT2D eigenvalue weighted by Crippen LogP contribution is -2.45. The number of hydrogen-bond donors (Lipinski definition) is 2. The summed E-state index contributed by atoms with van der Waals surface area (Å²) in [6, 6.07) is 14.2. The lowest BCUT2D eigenvalue weighted by atomic mass is 9.95. The third-order valence-electron chi connectivity index (χ3n) is 4.28. The number of nitrogens with one attached hydrogen (secondary N) is 2. The fourth-order valence-electron chi connectivity index (χ4n) is 2.93. The molecule has 7 heteroatoms. The van der Waals surface area contributed by atoms with E-state index in [2.05, 4.69) is 10.6 Å². The summed E-state index contributed by atoms with van der Waals surface area (Å²) in [4.78, 5) is 12.8. The molecule has 2 aromatic carbocycles. The summed E-state index contributed by atoms with van der Waals surface area (Å²) in [5.74, 6) is 1.19. The number of hydrogen-bond acceptors (Lipinski definition) is 4. The van der Waals surface area contributed by atoms with Gasteiger partial charge in [-0.1, -0.05) is 37.6 Å². The Morgan fingerprint density at radius 1 is 1.17 bits per heavy atom. The zero-order valence-corrected chi connectivity index (χ0v) is 18.1. The van der Waals surface area contributed by atoms with Crippen molar-refractivity contribution in [3.63, 3.8) is 0 Å². The van der Waals surface area contributed by atoms with E-state index in [9.17, 15) is 4.79 Å². The van der Waals surface area contributed by atoms with Gasteiger partial charge in [0, 0.05) is 10.7 Å². The van der Waals surface area contributed by atoms with E-state index < -0.39 is 6.04 Å². The van der Waals surface area contributed by atoms with Gasteiger partial charge in [-0.15, -0.1) is 0 Å². The summed E-state index contributed by atoms with van der Waals surface area (Å²) in [5.41, 5.74) is 2.02. The highest BCUT2D eigenvalue weighted by Crippen LogP contribution is 2.31. The first-order valence-electron chi connectivity index (χ1n) is 9.32. The fourth-order valence-corrected chi connectivity index (χ4v) is 3.33. The minimum absolute atomic E-state index is 0.250. The van der Waals surface area contributed by atoms with E-state index in [1.807, 2.05) is 45.0 Å². The predicted molar refractivity (Wildman–Crippen MR) is 118 cm³/mol. The van der Waals surface area contributed by atoms with Crippen molar-refractivity contribution >= 4 is 34.9 Å². The molecule has 0 saturated carbocycles. The van der Waals surface area contributed by atoms with E-state index in [4.69, 9.17) is 33.3 Å². The zero-order valence-electron chi connectivity index (χ0n) is 16.5. The third kappa shape index (κ3) is 5.49. The Kier molecular flexibility index (Phi) is 6.77. The molecule has 5 nitrogen and oxygen atoms in total. The summed E-state index contributed by atoms with van der Waals surface area (Å²) >= 11 is 11.2. The molecule has 152 valence electrons. The number of allylic oxidation sites excluding steroid dienone is 1. The molecule has 29 heavy (non-hydrogen) atoms. The van der Waals surface area contributed by atoms with Crippen molar-refractivity contribution in [3.05, 3.63) is 70.4 Å². The van der Waals surface area contributed by atoms with E-state index in [-0.39, 0.29) is 11.9 Å². The van der Waals surface area contributed by atoms with E-state index in [0.717, 1.165) is 5.56 Å². The van der Waals surface area contributed by atoms with Gasteiger partial charge in [0.05, 0.1) is 18.2 Å². The van der Waals surface area contributed by atoms with Crippen LogP contribution in [0.5, 0.6) is 11.5 Å². The van der Waals surface area contributed by atoms with Crippen molar-refractivity contribution in [2.45, 2.75) is 26.8 Å². The Bertz CT molecular complexity index is 941. The van der Waals surface area contributed by atoms with Gasteiger partial charge in [0.2, 0.25) is 0 Å². The van der Waals surface area contributed by atoms with Gasteiger partial charge in [0.25, 0.3) is 0 Å². The van der Waals surface area contributed by atoms with Crippen LogP contribution in [-0.2, 0) is 9.53 Å². The maximum atomic E-state index is 12.8. The number of carbonyl (C=O) groups excluding carboxylic acids is 1. The summed E-state index contributed by atoms with van der Waals surface area (Å²) in [6.07, 6.45) is 0. The molecular formula is C22H23ClN2O3S. The van der Waals surface area contributed by atoms with Crippen molar-refractivity contribution in [3.8, 4) is 11.5 Å². The second-order valence-electron chi connectivity index (χ2n) is 7.19. The molecule has 1 aliphatic rings. The van der Waals surface area contributed by atoms with Gasteiger partial charge in [-0.3, -0.25) is 0 Å². The monoisotopic (exact) mass is 430 g/mol. The van der Waals surface area contributed by atoms with Crippen LogP contribution in [-0.4, -0.2) is 17.7 Å². The van der Waals surface area contributed by atoms with Gasteiger partial charge in [0.1, 0.15) is 11.5 Å². The Morgan fingerprint density at radius 2 is 1.90 bits per heavy atom. The molecule has 0 amide bonds. The number of halogens is 1. The lowest BCUT2D eigenvalue weighted by molar-refractivity contribution is -0.140. The van der Waals surface area contributed by atoms with Crippen LogP contribution in [0, 0.1) is 5.92 Å². The van der Waals surface area contributed by atoms with Crippen molar-refractivity contribution < 1.29 is 14.3 Å². The molecule has 1 atom stereocenters. The van der Waals surface area contributed by atoms with E-state index in [1.54, 1.807) is 24.3 Å². The maximum absolute atomic E-state index is 12.8. The fraction of sp³-hybridized carbons (Fsp3) is 0.273. The van der Waals surface area contributed by atoms with Crippen molar-refractivity contribution in [1.82, 2.24) is 10.6 Å². The van der Waals surface area contributed by atoms with E-state index >= 15 is 0 Å². The van der Waals surface area contributed by atoms with Crippen LogP contribution in [0.3, 0.4) is 0 Å². The largest absolute Gasteiger partial charge is 0.462 e. The number of thiocarbonyl (C=S) groups is 1. The van der Waals surface area contributed by atoms with Crippen LogP contribution in [0.25, 0.3) is 0 Å². The highest BCUT2D eigenvalue weighted by molar-refractivity contribution is 7.80. The molecule has 2 N–H and O–H groups in total. The second-order valence-corrected chi connectivity index (χ2v) is 8.04. The topological polar surface area (TPSA) is 59.6 Å². The molecule has 0 fully saturated rings. The van der Waals surface area contributed by atoms with Gasteiger partial charge >= 0.3 is 5.97 Å². The Labute approximate surface area is 181 Å². The van der Waals surface area contributed by atoms with Gasteiger partial charge < -0.3 is 20.1 Å². The molecule has 0 spiro atoms. The predicted octanol–water partition coefficient (Wildman–Crippen LogP) is 5.12. The number of carbonyl (C=O) groups is 1. The third-order valence-corrected chi connectivity index (χ3v) is 4.75. The number of esters is 1. The van der Waals surface area contributed by atoms with Crippen LogP contribution in [0.2, 0.25) is 5.02 Å². The van der Waals surface area contributed by atoms with Crippen LogP contribution in [0.1, 0.15) is 32.4 Å². The SMILES string of the molecule is CC1=C(C(=O)OCC(C)C)C(c2cccc(Oc3ccc(Cl)cc3)c2)NC(=S)N1. The summed E-state index contributed by atoms with van der Waals surface area (Å²) in [6.45, 7) is 6.17.